The summed E-state index contributed by atoms with van der Waals surface area (Å²) in [5.74, 6) is 0. The third-order valence-electron chi connectivity index (χ3n) is 4.28. The summed E-state index contributed by atoms with van der Waals surface area (Å²) in [4.78, 5) is 0. The van der Waals surface area contributed by atoms with E-state index in [1.807, 2.05) is 0 Å². The zero-order valence-corrected chi connectivity index (χ0v) is 19.7. The van der Waals surface area contributed by atoms with Gasteiger partial charge in [-0.05, 0) is 38.9 Å². The molecule has 0 fully saturated rings. The molecule has 0 rings (SSSR count). The second-order valence-electron chi connectivity index (χ2n) is 10.8. The Kier molecular flexibility index (Phi) is 7.69. The Hall–Kier alpha value is 0.860. The average molecular weight is 347 g/mol. The van der Waals surface area contributed by atoms with E-state index in [4.69, 9.17) is 0 Å². The normalized spacial score (nSPS) is 16.5. The molecule has 0 amide bonds. The Morgan fingerprint density at radius 1 is 0.591 bits per heavy atom. The van der Waals surface area contributed by atoms with E-state index in [1.54, 1.807) is 0 Å². The highest BCUT2D eigenvalue weighted by molar-refractivity contribution is 7.62. The Morgan fingerprint density at radius 3 is 1.14 bits per heavy atom. The van der Waals surface area contributed by atoms with Crippen molar-refractivity contribution >= 4 is 15.8 Å². The highest BCUT2D eigenvalue weighted by Gasteiger charge is 2.39. The smallest absolute Gasteiger partial charge is 0.0172 e. The highest BCUT2D eigenvalue weighted by Crippen LogP contribution is 2.65. The van der Waals surface area contributed by atoms with Crippen LogP contribution in [0.1, 0.15) is 96.4 Å². The molecule has 0 N–H and O–H groups in total. The quantitative estimate of drug-likeness (QED) is 0.453. The summed E-state index contributed by atoms with van der Waals surface area (Å²) in [6, 6.07) is 0. The predicted octanol–water partition coefficient (Wildman–Crippen LogP) is 7.92. The van der Waals surface area contributed by atoms with Crippen molar-refractivity contribution in [2.45, 2.75) is 123 Å². The molecule has 0 aromatic rings. The van der Waals surface area contributed by atoms with Crippen LogP contribution in [-0.4, -0.2) is 32.4 Å². The predicted molar refractivity (Wildman–Crippen MR) is 112 cm³/mol. The van der Waals surface area contributed by atoms with Crippen LogP contribution >= 0.6 is 15.8 Å². The van der Waals surface area contributed by atoms with Crippen LogP contribution in [0, 0.1) is 0 Å². The Bertz CT molecular complexity index is 303. The maximum atomic E-state index is 2.53. The van der Waals surface area contributed by atoms with E-state index in [9.17, 15) is 0 Å². The first-order valence-corrected chi connectivity index (χ1v) is 11.9. The molecule has 0 saturated heterocycles. The minimum atomic E-state index is 0.00403. The summed E-state index contributed by atoms with van der Waals surface area (Å²) in [5.41, 5.74) is 0.852. The molecule has 0 radical (unpaired) electrons. The lowest BCUT2D eigenvalue weighted by molar-refractivity contribution is 0.671. The Morgan fingerprint density at radius 2 is 0.909 bits per heavy atom. The maximum absolute atomic E-state index is 2.53. The van der Waals surface area contributed by atoms with Crippen molar-refractivity contribution in [2.24, 2.45) is 0 Å². The van der Waals surface area contributed by atoms with Crippen molar-refractivity contribution < 1.29 is 0 Å². The van der Waals surface area contributed by atoms with E-state index in [0.29, 0.717) is 20.6 Å². The maximum Gasteiger partial charge on any atom is -0.0172 e. The van der Waals surface area contributed by atoms with Crippen molar-refractivity contribution in [1.29, 1.82) is 0 Å². The van der Waals surface area contributed by atoms with Crippen molar-refractivity contribution in [2.75, 3.05) is 6.16 Å². The van der Waals surface area contributed by atoms with Crippen LogP contribution in [-0.2, 0) is 0 Å². The lowest BCUT2D eigenvalue weighted by atomic mass is 10.2. The molecule has 0 aromatic heterocycles. The number of hydrogen-bond donors (Lipinski definition) is 0. The van der Waals surface area contributed by atoms with E-state index < -0.39 is 0 Å². The molecule has 0 heterocycles. The Balaban J connectivity index is 5.14. The first-order valence-electron chi connectivity index (χ1n) is 8.95. The molecular formula is C20H44P2. The van der Waals surface area contributed by atoms with Crippen LogP contribution in [0.2, 0.25) is 0 Å². The van der Waals surface area contributed by atoms with Gasteiger partial charge in [0.2, 0.25) is 0 Å². The second-order valence-corrected chi connectivity index (χ2v) is 19.1. The van der Waals surface area contributed by atoms with E-state index in [1.165, 1.54) is 12.6 Å². The van der Waals surface area contributed by atoms with Gasteiger partial charge in [-0.2, -0.15) is 0 Å². The molecule has 0 bridgehead atoms. The van der Waals surface area contributed by atoms with Gasteiger partial charge in [0, 0.05) is 0 Å². The fourth-order valence-electron chi connectivity index (χ4n) is 4.45. The third-order valence-corrected chi connectivity index (χ3v) is 12.3. The standard InChI is InChI=1S/C20H44P2/c1-16(22(19(8,9)10)20(11,12)13)14-15-21(17(2,3)4)18(5,6)7/h16H,14-15H2,1-13H3. The molecule has 22 heavy (non-hydrogen) atoms. The van der Waals surface area contributed by atoms with Gasteiger partial charge in [0.15, 0.2) is 0 Å². The zero-order chi connectivity index (χ0) is 18.1. The van der Waals surface area contributed by atoms with Gasteiger partial charge in [-0.15, -0.1) is 0 Å². The molecule has 0 aliphatic heterocycles. The monoisotopic (exact) mass is 346 g/mol. The van der Waals surface area contributed by atoms with Crippen molar-refractivity contribution in [3.63, 3.8) is 0 Å². The lowest BCUT2D eigenvalue weighted by Gasteiger charge is -2.47. The van der Waals surface area contributed by atoms with Crippen LogP contribution in [0.3, 0.4) is 0 Å². The minimum Gasteiger partial charge on any atom is -0.0956 e. The van der Waals surface area contributed by atoms with Gasteiger partial charge in [-0.1, -0.05) is 106 Å². The van der Waals surface area contributed by atoms with Crippen LogP contribution in [0.4, 0.5) is 0 Å². The number of hydrogen-bond acceptors (Lipinski definition) is 0. The average Bonchev–Trinajstić information content (AvgIpc) is 2.06. The molecule has 0 spiro atoms. The molecule has 0 aliphatic rings. The van der Waals surface area contributed by atoms with E-state index in [-0.39, 0.29) is 15.8 Å². The fraction of sp³-hybridized carbons (Fsp3) is 1.00. The molecule has 1 atom stereocenters. The van der Waals surface area contributed by atoms with E-state index in [0.717, 1.165) is 5.66 Å². The van der Waals surface area contributed by atoms with Gasteiger partial charge in [-0.25, -0.2) is 0 Å². The number of rotatable bonds is 4. The van der Waals surface area contributed by atoms with E-state index in [2.05, 4.69) is 90.0 Å². The topological polar surface area (TPSA) is 0 Å². The summed E-state index contributed by atoms with van der Waals surface area (Å²) < 4.78 is 0. The van der Waals surface area contributed by atoms with Crippen molar-refractivity contribution in [3.05, 3.63) is 0 Å². The summed E-state index contributed by atoms with van der Waals surface area (Å²) >= 11 is 0. The van der Waals surface area contributed by atoms with Gasteiger partial charge >= 0.3 is 0 Å². The van der Waals surface area contributed by atoms with Gasteiger partial charge in [0.1, 0.15) is 0 Å². The first-order chi connectivity index (χ1) is 9.38. The Labute approximate surface area is 145 Å². The fourth-order valence-corrected chi connectivity index (χ4v) is 13.7. The van der Waals surface area contributed by atoms with Gasteiger partial charge in [-0.3, -0.25) is 0 Å². The molecule has 0 saturated carbocycles. The lowest BCUT2D eigenvalue weighted by Crippen LogP contribution is -2.32. The summed E-state index contributed by atoms with van der Waals surface area (Å²) in [6.07, 6.45) is 2.83. The van der Waals surface area contributed by atoms with Crippen molar-refractivity contribution in [3.8, 4) is 0 Å². The molecule has 134 valence electrons. The van der Waals surface area contributed by atoms with Crippen LogP contribution in [0.5, 0.6) is 0 Å². The molecule has 2 heteroatoms. The largest absolute Gasteiger partial charge is 0.0956 e. The van der Waals surface area contributed by atoms with Crippen LogP contribution in [0.25, 0.3) is 0 Å². The molecule has 1 unspecified atom stereocenters. The van der Waals surface area contributed by atoms with Gasteiger partial charge in [0.25, 0.3) is 0 Å². The molecule has 0 aromatic carbocycles. The van der Waals surface area contributed by atoms with Crippen LogP contribution < -0.4 is 0 Å². The first kappa shape index (κ1) is 22.9. The molecule has 0 aliphatic carbocycles. The van der Waals surface area contributed by atoms with Gasteiger partial charge in [0.05, 0.1) is 0 Å². The third kappa shape index (κ3) is 7.18. The minimum absolute atomic E-state index is 0.00403. The molecular weight excluding hydrogens is 302 g/mol. The molecule has 0 nitrogen and oxygen atoms in total. The SMILES string of the molecule is CC(CCP(C(C)(C)C)C(C)(C)C)P(C(C)(C)C)C(C)(C)C. The van der Waals surface area contributed by atoms with Gasteiger partial charge < -0.3 is 0 Å². The van der Waals surface area contributed by atoms with E-state index >= 15 is 0 Å². The van der Waals surface area contributed by atoms with Crippen molar-refractivity contribution in [1.82, 2.24) is 0 Å². The zero-order valence-electron chi connectivity index (χ0n) is 17.9. The summed E-state index contributed by atoms with van der Waals surface area (Å²) in [6.45, 7) is 32.0. The highest BCUT2D eigenvalue weighted by atomic mass is 31.1. The summed E-state index contributed by atoms with van der Waals surface area (Å²) in [5, 5.41) is 1.80. The second kappa shape index (κ2) is 7.40. The summed E-state index contributed by atoms with van der Waals surface area (Å²) in [7, 11) is 0.0427. The van der Waals surface area contributed by atoms with Crippen LogP contribution in [0.15, 0.2) is 0 Å².